The molecule has 0 saturated heterocycles. The molecule has 0 saturated carbocycles. The highest BCUT2D eigenvalue weighted by atomic mass is 32.1. The number of likely N-dealkylation sites (N-methyl/N-ethyl adjacent to an activating group) is 1. The van der Waals surface area contributed by atoms with Crippen LogP contribution in [0.4, 0.5) is 5.13 Å². The van der Waals surface area contributed by atoms with Crippen LogP contribution < -0.4 is 5.32 Å². The molecule has 0 aliphatic rings. The Labute approximate surface area is 157 Å². The van der Waals surface area contributed by atoms with Gasteiger partial charge < -0.3 is 5.32 Å². The lowest BCUT2D eigenvalue weighted by Crippen LogP contribution is -2.29. The van der Waals surface area contributed by atoms with Gasteiger partial charge in [0.25, 0.3) is 0 Å². The maximum Gasteiger partial charge on any atom is 0.240 e. The molecule has 0 bridgehead atoms. The SMILES string of the molecule is CCn1cc(CN(C)CC(=O)Nc2nc(-c3ccc(C)cc3)cs2)cn1. The van der Waals surface area contributed by atoms with E-state index in [0.29, 0.717) is 18.2 Å². The Morgan fingerprint density at radius 1 is 1.31 bits per heavy atom. The largest absolute Gasteiger partial charge is 0.301 e. The van der Waals surface area contributed by atoms with Crippen LogP contribution in [0.1, 0.15) is 18.1 Å². The van der Waals surface area contributed by atoms with Crippen LogP contribution in [-0.4, -0.2) is 39.2 Å². The summed E-state index contributed by atoms with van der Waals surface area (Å²) in [5, 5.41) is 9.72. The van der Waals surface area contributed by atoms with Crippen molar-refractivity contribution in [2.24, 2.45) is 0 Å². The summed E-state index contributed by atoms with van der Waals surface area (Å²) in [6.45, 7) is 5.93. The lowest BCUT2D eigenvalue weighted by atomic mass is 10.1. The molecule has 1 amide bonds. The summed E-state index contributed by atoms with van der Waals surface area (Å²) in [5.74, 6) is -0.0693. The van der Waals surface area contributed by atoms with Crippen LogP contribution >= 0.6 is 11.3 Å². The topological polar surface area (TPSA) is 63.1 Å². The van der Waals surface area contributed by atoms with E-state index < -0.39 is 0 Å². The molecule has 3 rings (SSSR count). The molecule has 0 spiro atoms. The van der Waals surface area contributed by atoms with Gasteiger partial charge in [-0.25, -0.2) is 4.98 Å². The zero-order chi connectivity index (χ0) is 18.5. The molecule has 0 fully saturated rings. The van der Waals surface area contributed by atoms with E-state index in [0.717, 1.165) is 23.4 Å². The van der Waals surface area contributed by atoms with Gasteiger partial charge in [0.05, 0.1) is 18.4 Å². The Morgan fingerprint density at radius 3 is 2.77 bits per heavy atom. The number of thiazole rings is 1. The molecular formula is C19H23N5OS. The smallest absolute Gasteiger partial charge is 0.240 e. The lowest BCUT2D eigenvalue weighted by molar-refractivity contribution is -0.117. The van der Waals surface area contributed by atoms with Crippen LogP contribution in [0.15, 0.2) is 42.0 Å². The number of anilines is 1. The van der Waals surface area contributed by atoms with Crippen molar-refractivity contribution in [1.82, 2.24) is 19.7 Å². The average Bonchev–Trinajstić information content (AvgIpc) is 3.24. The maximum absolute atomic E-state index is 12.3. The van der Waals surface area contributed by atoms with E-state index in [1.54, 1.807) is 0 Å². The van der Waals surface area contributed by atoms with Gasteiger partial charge >= 0.3 is 0 Å². The monoisotopic (exact) mass is 369 g/mol. The average molecular weight is 369 g/mol. The van der Waals surface area contributed by atoms with Gasteiger partial charge in [0.1, 0.15) is 0 Å². The molecule has 2 heterocycles. The summed E-state index contributed by atoms with van der Waals surface area (Å²) in [7, 11) is 1.92. The highest BCUT2D eigenvalue weighted by Crippen LogP contribution is 2.25. The van der Waals surface area contributed by atoms with E-state index in [9.17, 15) is 4.79 Å². The van der Waals surface area contributed by atoms with Crippen LogP contribution in [0.5, 0.6) is 0 Å². The van der Waals surface area contributed by atoms with Gasteiger partial charge in [-0.1, -0.05) is 29.8 Å². The van der Waals surface area contributed by atoms with Crippen molar-refractivity contribution in [1.29, 1.82) is 0 Å². The first-order valence-electron chi connectivity index (χ1n) is 8.56. The number of amides is 1. The van der Waals surface area contributed by atoms with Crippen LogP contribution in [0, 0.1) is 6.92 Å². The quantitative estimate of drug-likeness (QED) is 0.693. The Balaban J connectivity index is 1.53. The Bertz CT molecular complexity index is 868. The van der Waals surface area contributed by atoms with Crippen molar-refractivity contribution < 1.29 is 4.79 Å². The minimum Gasteiger partial charge on any atom is -0.301 e. The Hall–Kier alpha value is -2.51. The highest BCUT2D eigenvalue weighted by Gasteiger charge is 2.11. The number of nitrogens with one attached hydrogen (secondary N) is 1. The summed E-state index contributed by atoms with van der Waals surface area (Å²) in [4.78, 5) is 18.7. The molecule has 1 N–H and O–H groups in total. The van der Waals surface area contributed by atoms with E-state index >= 15 is 0 Å². The number of rotatable bonds is 7. The summed E-state index contributed by atoms with van der Waals surface area (Å²) < 4.78 is 1.88. The standard InChI is InChI=1S/C19H23N5OS/c1-4-24-11-15(9-20-24)10-23(3)12-18(25)22-19-21-17(13-26-19)16-7-5-14(2)6-8-16/h5-9,11,13H,4,10,12H2,1-3H3,(H,21,22,25). The predicted octanol–water partition coefficient (Wildman–Crippen LogP) is 3.41. The first kappa shape index (κ1) is 18.3. The molecule has 0 aliphatic carbocycles. The molecule has 0 radical (unpaired) electrons. The van der Waals surface area contributed by atoms with Gasteiger partial charge in [0, 0.05) is 35.8 Å². The van der Waals surface area contributed by atoms with Crippen LogP contribution in [-0.2, 0) is 17.9 Å². The molecule has 1 aromatic carbocycles. The number of carbonyl (C=O) groups is 1. The zero-order valence-electron chi connectivity index (χ0n) is 15.3. The van der Waals surface area contributed by atoms with Crippen LogP contribution in [0.3, 0.4) is 0 Å². The van der Waals surface area contributed by atoms with Crippen molar-refractivity contribution in [3.63, 3.8) is 0 Å². The second kappa shape index (κ2) is 8.25. The van der Waals surface area contributed by atoms with E-state index in [-0.39, 0.29) is 5.91 Å². The van der Waals surface area contributed by atoms with E-state index in [2.05, 4.69) is 34.5 Å². The first-order chi connectivity index (χ1) is 12.5. The van der Waals surface area contributed by atoms with Crippen molar-refractivity contribution >= 4 is 22.4 Å². The predicted molar refractivity (Wildman–Crippen MR) is 105 cm³/mol. The van der Waals surface area contributed by atoms with Gasteiger partial charge in [-0.2, -0.15) is 5.10 Å². The van der Waals surface area contributed by atoms with E-state index in [1.807, 2.05) is 53.5 Å². The molecule has 136 valence electrons. The fourth-order valence-corrected chi connectivity index (χ4v) is 3.36. The number of benzene rings is 1. The first-order valence-corrected chi connectivity index (χ1v) is 9.43. The second-order valence-corrected chi connectivity index (χ2v) is 7.19. The maximum atomic E-state index is 12.3. The Morgan fingerprint density at radius 2 is 2.08 bits per heavy atom. The van der Waals surface area contributed by atoms with E-state index in [1.165, 1.54) is 16.9 Å². The van der Waals surface area contributed by atoms with Crippen molar-refractivity contribution in [2.45, 2.75) is 26.9 Å². The minimum atomic E-state index is -0.0693. The molecule has 6 nitrogen and oxygen atoms in total. The Kier molecular flexibility index (Phi) is 5.80. The number of aromatic nitrogens is 3. The molecule has 2 aromatic heterocycles. The van der Waals surface area contributed by atoms with Gasteiger partial charge in [0.2, 0.25) is 5.91 Å². The molecular weight excluding hydrogens is 346 g/mol. The number of hydrogen-bond donors (Lipinski definition) is 1. The number of carbonyl (C=O) groups excluding carboxylic acids is 1. The summed E-state index contributed by atoms with van der Waals surface area (Å²) >= 11 is 1.44. The van der Waals surface area contributed by atoms with Crippen LogP contribution in [0.25, 0.3) is 11.3 Å². The third-order valence-electron chi connectivity index (χ3n) is 3.97. The highest BCUT2D eigenvalue weighted by molar-refractivity contribution is 7.14. The minimum absolute atomic E-state index is 0.0693. The summed E-state index contributed by atoms with van der Waals surface area (Å²) in [5.41, 5.74) is 4.24. The van der Waals surface area contributed by atoms with Crippen LogP contribution in [0.2, 0.25) is 0 Å². The van der Waals surface area contributed by atoms with Gasteiger partial charge in [-0.3, -0.25) is 14.4 Å². The van der Waals surface area contributed by atoms with Crippen molar-refractivity contribution in [2.75, 3.05) is 18.9 Å². The molecule has 7 heteroatoms. The molecule has 0 atom stereocenters. The van der Waals surface area contributed by atoms with Crippen molar-refractivity contribution in [3.05, 3.63) is 53.2 Å². The number of aryl methyl sites for hydroxylation is 2. The second-order valence-electron chi connectivity index (χ2n) is 6.33. The van der Waals surface area contributed by atoms with Gasteiger partial charge in [-0.05, 0) is 20.9 Å². The molecule has 3 aromatic rings. The summed E-state index contributed by atoms with van der Waals surface area (Å²) in [6, 6.07) is 8.20. The fourth-order valence-electron chi connectivity index (χ4n) is 2.62. The fraction of sp³-hybridized carbons (Fsp3) is 0.316. The third-order valence-corrected chi connectivity index (χ3v) is 4.73. The molecule has 26 heavy (non-hydrogen) atoms. The van der Waals surface area contributed by atoms with E-state index in [4.69, 9.17) is 0 Å². The zero-order valence-corrected chi connectivity index (χ0v) is 16.1. The third kappa shape index (κ3) is 4.77. The van der Waals surface area contributed by atoms with Gasteiger partial charge in [-0.15, -0.1) is 11.3 Å². The van der Waals surface area contributed by atoms with Crippen molar-refractivity contribution in [3.8, 4) is 11.3 Å². The lowest BCUT2D eigenvalue weighted by Gasteiger charge is -2.14. The molecule has 0 aliphatic heterocycles. The summed E-state index contributed by atoms with van der Waals surface area (Å²) in [6.07, 6.45) is 3.84. The number of nitrogens with zero attached hydrogens (tertiary/aromatic N) is 4. The molecule has 0 unspecified atom stereocenters. The van der Waals surface area contributed by atoms with Gasteiger partial charge in [0.15, 0.2) is 5.13 Å². The number of hydrogen-bond acceptors (Lipinski definition) is 5. The normalized spacial score (nSPS) is 11.1.